The van der Waals surface area contributed by atoms with E-state index < -0.39 is 5.97 Å². The Hall–Kier alpha value is -2.37. The summed E-state index contributed by atoms with van der Waals surface area (Å²) in [6, 6.07) is 9.58. The first-order chi connectivity index (χ1) is 14.8. The third kappa shape index (κ3) is 5.10. The van der Waals surface area contributed by atoms with Crippen LogP contribution in [0.1, 0.15) is 63.5 Å². The quantitative estimate of drug-likeness (QED) is 0.646. The molecule has 168 valence electrons. The zero-order chi connectivity index (χ0) is 22.0. The minimum absolute atomic E-state index is 0.0694. The molecule has 1 aromatic carbocycles. The maximum absolute atomic E-state index is 12.5. The number of carbonyl (C=O) groups excluding carboxylic acids is 3. The number of rotatable bonds is 8. The van der Waals surface area contributed by atoms with Crippen LogP contribution in [0.2, 0.25) is 0 Å². The Morgan fingerprint density at radius 2 is 1.65 bits per heavy atom. The molecule has 4 aliphatic carbocycles. The second-order valence-corrected chi connectivity index (χ2v) is 10.1. The minimum Gasteiger partial charge on any atom is -0.454 e. The molecule has 0 spiro atoms. The molecule has 0 saturated heterocycles. The Bertz CT molecular complexity index is 787. The zero-order valence-electron chi connectivity index (χ0n) is 18.6. The van der Waals surface area contributed by atoms with E-state index in [2.05, 4.69) is 5.32 Å². The van der Waals surface area contributed by atoms with Gasteiger partial charge in [0.2, 0.25) is 5.91 Å². The summed E-state index contributed by atoms with van der Waals surface area (Å²) in [6.45, 7) is 1.42. The molecule has 2 amide bonds. The second kappa shape index (κ2) is 9.01. The lowest BCUT2D eigenvalue weighted by atomic mass is 9.49. The van der Waals surface area contributed by atoms with Gasteiger partial charge in [-0.3, -0.25) is 14.4 Å². The molecule has 6 nitrogen and oxygen atoms in total. The summed E-state index contributed by atoms with van der Waals surface area (Å²) >= 11 is 0. The van der Waals surface area contributed by atoms with Crippen molar-refractivity contribution in [1.82, 2.24) is 10.2 Å². The molecular weight excluding hydrogens is 392 g/mol. The normalized spacial score (nSPS) is 29.3. The number of hydrogen-bond donors (Lipinski definition) is 1. The van der Waals surface area contributed by atoms with Crippen molar-refractivity contribution in [1.29, 1.82) is 0 Å². The summed E-state index contributed by atoms with van der Waals surface area (Å²) in [5, 5.41) is 2.72. The molecular formula is C25H34N2O4. The average Bonchev–Trinajstić information content (AvgIpc) is 2.74. The fourth-order valence-electron chi connectivity index (χ4n) is 6.55. The Balaban J connectivity index is 1.18. The maximum Gasteiger partial charge on any atom is 0.325 e. The van der Waals surface area contributed by atoms with Gasteiger partial charge < -0.3 is 15.0 Å². The monoisotopic (exact) mass is 426 g/mol. The van der Waals surface area contributed by atoms with E-state index in [-0.39, 0.29) is 36.4 Å². The number of ether oxygens (including phenoxy) is 1. The van der Waals surface area contributed by atoms with Crippen molar-refractivity contribution in [2.45, 2.75) is 57.9 Å². The molecule has 4 fully saturated rings. The summed E-state index contributed by atoms with van der Waals surface area (Å²) in [7, 11) is 1.70. The summed E-state index contributed by atoms with van der Waals surface area (Å²) < 4.78 is 5.11. The molecule has 1 aromatic rings. The number of amides is 2. The number of likely N-dealkylation sites (N-methyl/N-ethyl adjacent to an activating group) is 1. The van der Waals surface area contributed by atoms with Crippen molar-refractivity contribution < 1.29 is 19.1 Å². The van der Waals surface area contributed by atoms with E-state index in [1.807, 2.05) is 37.3 Å². The summed E-state index contributed by atoms with van der Waals surface area (Å²) in [4.78, 5) is 38.5. The van der Waals surface area contributed by atoms with Crippen LogP contribution in [0, 0.1) is 23.2 Å². The maximum atomic E-state index is 12.5. The predicted octanol–water partition coefficient (Wildman–Crippen LogP) is 3.47. The van der Waals surface area contributed by atoms with Gasteiger partial charge in [0, 0.05) is 13.5 Å². The molecule has 4 bridgehead atoms. The lowest BCUT2D eigenvalue weighted by Gasteiger charge is -2.56. The van der Waals surface area contributed by atoms with E-state index in [4.69, 9.17) is 4.74 Å². The Morgan fingerprint density at radius 1 is 1.06 bits per heavy atom. The number of esters is 1. The van der Waals surface area contributed by atoms with Gasteiger partial charge in [-0.05, 0) is 74.2 Å². The van der Waals surface area contributed by atoms with E-state index in [0.717, 1.165) is 42.6 Å². The molecule has 1 N–H and O–H groups in total. The zero-order valence-corrected chi connectivity index (χ0v) is 18.6. The van der Waals surface area contributed by atoms with Crippen LogP contribution in [0.25, 0.3) is 0 Å². The van der Waals surface area contributed by atoms with E-state index in [9.17, 15) is 14.4 Å². The standard InChI is InChI=1S/C25H34N2O4/c1-17(21-6-4-3-5-7-21)27(2)23(29)16-31-24(30)15-26-22(28)14-25-11-18-8-19(12-25)10-20(9-18)13-25/h3-7,17-20H,8-16H2,1-2H3,(H,26,28)/t17-,18?,19?,20?,25?/m0/s1. The fraction of sp³-hybridized carbons (Fsp3) is 0.640. The molecule has 0 unspecified atom stereocenters. The number of carbonyl (C=O) groups is 3. The van der Waals surface area contributed by atoms with Gasteiger partial charge in [0.05, 0.1) is 6.04 Å². The van der Waals surface area contributed by atoms with Gasteiger partial charge in [0.15, 0.2) is 6.61 Å². The molecule has 0 radical (unpaired) electrons. The largest absolute Gasteiger partial charge is 0.454 e. The molecule has 0 aromatic heterocycles. The topological polar surface area (TPSA) is 75.7 Å². The van der Waals surface area contributed by atoms with Crippen LogP contribution in [0.3, 0.4) is 0 Å². The number of nitrogens with zero attached hydrogens (tertiary/aromatic N) is 1. The molecule has 0 aliphatic heterocycles. The van der Waals surface area contributed by atoms with Gasteiger partial charge in [-0.2, -0.15) is 0 Å². The van der Waals surface area contributed by atoms with Gasteiger partial charge >= 0.3 is 5.97 Å². The third-order valence-electron chi connectivity index (χ3n) is 7.74. The molecule has 4 aliphatic rings. The molecule has 5 rings (SSSR count). The average molecular weight is 427 g/mol. The van der Waals surface area contributed by atoms with E-state index in [1.165, 1.54) is 19.3 Å². The van der Waals surface area contributed by atoms with Crippen LogP contribution in [0.15, 0.2) is 30.3 Å². The number of nitrogens with one attached hydrogen (secondary N) is 1. The van der Waals surface area contributed by atoms with Gasteiger partial charge in [0.25, 0.3) is 5.91 Å². The van der Waals surface area contributed by atoms with Crippen molar-refractivity contribution >= 4 is 17.8 Å². The van der Waals surface area contributed by atoms with Gasteiger partial charge in [-0.1, -0.05) is 30.3 Å². The number of hydrogen-bond acceptors (Lipinski definition) is 4. The lowest BCUT2D eigenvalue weighted by molar-refractivity contribution is -0.152. The van der Waals surface area contributed by atoms with Crippen molar-refractivity contribution in [2.75, 3.05) is 20.2 Å². The van der Waals surface area contributed by atoms with Crippen molar-refractivity contribution in [3.05, 3.63) is 35.9 Å². The van der Waals surface area contributed by atoms with E-state index in [0.29, 0.717) is 6.42 Å². The first kappa shape index (κ1) is 21.8. The van der Waals surface area contributed by atoms with Gasteiger partial charge in [-0.25, -0.2) is 0 Å². The smallest absolute Gasteiger partial charge is 0.325 e. The van der Waals surface area contributed by atoms with Crippen LogP contribution in [-0.2, 0) is 19.1 Å². The molecule has 1 atom stereocenters. The second-order valence-electron chi connectivity index (χ2n) is 10.1. The lowest BCUT2D eigenvalue weighted by Crippen LogP contribution is -2.48. The van der Waals surface area contributed by atoms with E-state index >= 15 is 0 Å². The van der Waals surface area contributed by atoms with Crippen molar-refractivity contribution in [3.8, 4) is 0 Å². The van der Waals surface area contributed by atoms with Crippen LogP contribution >= 0.6 is 0 Å². The van der Waals surface area contributed by atoms with Crippen molar-refractivity contribution in [3.63, 3.8) is 0 Å². The summed E-state index contributed by atoms with van der Waals surface area (Å²) in [5.74, 6) is 1.47. The first-order valence-corrected chi connectivity index (χ1v) is 11.6. The molecule has 6 heteroatoms. The summed E-state index contributed by atoms with van der Waals surface area (Å²) in [5.41, 5.74) is 1.16. The SMILES string of the molecule is C[C@@H](c1ccccc1)N(C)C(=O)COC(=O)CNC(=O)CC12CC3CC(CC(C3)C1)C2. The Kier molecular flexibility index (Phi) is 6.35. The molecule has 4 saturated carbocycles. The minimum atomic E-state index is -0.576. The third-order valence-corrected chi connectivity index (χ3v) is 7.74. The Morgan fingerprint density at radius 3 is 2.23 bits per heavy atom. The fourth-order valence-corrected chi connectivity index (χ4v) is 6.55. The highest BCUT2D eigenvalue weighted by molar-refractivity contribution is 5.84. The highest BCUT2D eigenvalue weighted by atomic mass is 16.5. The van der Waals surface area contributed by atoms with Crippen molar-refractivity contribution in [2.24, 2.45) is 23.2 Å². The molecule has 0 heterocycles. The van der Waals surface area contributed by atoms with Crippen LogP contribution in [0.5, 0.6) is 0 Å². The highest BCUT2D eigenvalue weighted by Crippen LogP contribution is 2.61. The summed E-state index contributed by atoms with van der Waals surface area (Å²) in [6.07, 6.45) is 8.04. The van der Waals surface area contributed by atoms with Gasteiger partial charge in [0.1, 0.15) is 6.54 Å². The Labute approximate surface area is 184 Å². The molecule has 31 heavy (non-hydrogen) atoms. The van der Waals surface area contributed by atoms with Crippen LogP contribution in [0.4, 0.5) is 0 Å². The van der Waals surface area contributed by atoms with Crippen LogP contribution < -0.4 is 5.32 Å². The number of benzene rings is 1. The first-order valence-electron chi connectivity index (χ1n) is 11.6. The predicted molar refractivity (Wildman–Crippen MR) is 117 cm³/mol. The van der Waals surface area contributed by atoms with Gasteiger partial charge in [-0.15, -0.1) is 0 Å². The van der Waals surface area contributed by atoms with E-state index in [1.54, 1.807) is 11.9 Å². The van der Waals surface area contributed by atoms with Crippen LogP contribution in [-0.4, -0.2) is 42.9 Å². The highest BCUT2D eigenvalue weighted by Gasteiger charge is 2.51.